The number of para-hydroxylation sites is 1. The number of hydrogen-bond acceptors (Lipinski definition) is 5. The van der Waals surface area contributed by atoms with Crippen LogP contribution in [-0.4, -0.2) is 41.9 Å². The summed E-state index contributed by atoms with van der Waals surface area (Å²) < 4.78 is 0. The van der Waals surface area contributed by atoms with E-state index in [0.717, 1.165) is 36.7 Å². The van der Waals surface area contributed by atoms with Crippen molar-refractivity contribution in [3.63, 3.8) is 0 Å². The monoisotopic (exact) mass is 437 g/mol. The maximum Gasteiger partial charge on any atom is 0.266 e. The van der Waals surface area contributed by atoms with Crippen LogP contribution < -0.4 is 10.6 Å². The van der Waals surface area contributed by atoms with Crippen molar-refractivity contribution in [2.45, 2.75) is 6.54 Å². The summed E-state index contributed by atoms with van der Waals surface area (Å²) in [6.07, 6.45) is 1.50. The van der Waals surface area contributed by atoms with E-state index in [1.807, 2.05) is 78.9 Å². The van der Waals surface area contributed by atoms with E-state index in [1.54, 1.807) is 4.90 Å². The van der Waals surface area contributed by atoms with Gasteiger partial charge in [-0.05, 0) is 42.0 Å². The molecule has 0 saturated carbocycles. The van der Waals surface area contributed by atoms with Crippen LogP contribution in [0.15, 0.2) is 96.7 Å². The van der Waals surface area contributed by atoms with Crippen LogP contribution in [0, 0.1) is 11.3 Å². The van der Waals surface area contributed by atoms with Gasteiger partial charge in [-0.2, -0.15) is 5.26 Å². The molecule has 1 saturated heterocycles. The van der Waals surface area contributed by atoms with Gasteiger partial charge in [0.2, 0.25) is 0 Å². The topological polar surface area (TPSA) is 71.4 Å². The minimum absolute atomic E-state index is 0.109. The number of nitrogens with zero attached hydrogens (tertiary/aromatic N) is 3. The van der Waals surface area contributed by atoms with Crippen LogP contribution in [0.2, 0.25) is 0 Å². The molecule has 33 heavy (non-hydrogen) atoms. The molecular formula is C27H27N5O. The zero-order valence-electron chi connectivity index (χ0n) is 18.4. The van der Waals surface area contributed by atoms with Gasteiger partial charge < -0.3 is 15.5 Å². The maximum atomic E-state index is 12.8. The lowest BCUT2D eigenvalue weighted by Gasteiger charge is -2.34. The Morgan fingerprint density at radius 1 is 0.818 bits per heavy atom. The molecule has 3 aromatic carbocycles. The molecule has 0 unspecified atom stereocenters. The van der Waals surface area contributed by atoms with E-state index in [1.165, 1.54) is 11.8 Å². The quantitative estimate of drug-likeness (QED) is 0.418. The van der Waals surface area contributed by atoms with Gasteiger partial charge in [0.25, 0.3) is 5.91 Å². The molecule has 3 aromatic rings. The van der Waals surface area contributed by atoms with E-state index in [0.29, 0.717) is 13.1 Å². The Morgan fingerprint density at radius 3 is 2.03 bits per heavy atom. The highest BCUT2D eigenvalue weighted by molar-refractivity contribution is 5.97. The SMILES string of the molecule is N#C/C(=C/Nc1ccc(Nc2ccccc2)cc1)C(=O)N1CCN(Cc2ccccc2)CC1. The highest BCUT2D eigenvalue weighted by Crippen LogP contribution is 2.19. The molecule has 1 aliphatic heterocycles. The fraction of sp³-hybridized carbons (Fsp3) is 0.185. The molecule has 0 aromatic heterocycles. The molecule has 166 valence electrons. The largest absolute Gasteiger partial charge is 0.360 e. The van der Waals surface area contributed by atoms with Crippen LogP contribution in [0.1, 0.15) is 5.56 Å². The first-order valence-electron chi connectivity index (χ1n) is 11.1. The summed E-state index contributed by atoms with van der Waals surface area (Å²) in [5.74, 6) is -0.230. The van der Waals surface area contributed by atoms with Crippen LogP contribution in [-0.2, 0) is 11.3 Å². The third-order valence-corrected chi connectivity index (χ3v) is 5.59. The fourth-order valence-corrected chi connectivity index (χ4v) is 3.76. The highest BCUT2D eigenvalue weighted by atomic mass is 16.2. The van der Waals surface area contributed by atoms with Gasteiger partial charge in [0.15, 0.2) is 0 Å². The molecule has 1 heterocycles. The third-order valence-electron chi connectivity index (χ3n) is 5.59. The molecule has 1 aliphatic rings. The van der Waals surface area contributed by atoms with Crippen molar-refractivity contribution in [3.8, 4) is 6.07 Å². The third kappa shape index (κ3) is 6.22. The van der Waals surface area contributed by atoms with Gasteiger partial charge in [0.1, 0.15) is 11.6 Å². The molecule has 0 radical (unpaired) electrons. The Morgan fingerprint density at radius 2 is 1.39 bits per heavy atom. The second-order valence-electron chi connectivity index (χ2n) is 7.94. The predicted molar refractivity (Wildman–Crippen MR) is 132 cm³/mol. The van der Waals surface area contributed by atoms with Crippen molar-refractivity contribution in [1.29, 1.82) is 5.26 Å². The van der Waals surface area contributed by atoms with E-state index in [9.17, 15) is 10.1 Å². The van der Waals surface area contributed by atoms with Gasteiger partial charge in [0, 0.05) is 56.0 Å². The number of carbonyl (C=O) groups is 1. The van der Waals surface area contributed by atoms with E-state index >= 15 is 0 Å². The first-order valence-corrected chi connectivity index (χ1v) is 11.1. The molecule has 6 heteroatoms. The minimum Gasteiger partial charge on any atom is -0.360 e. The summed E-state index contributed by atoms with van der Waals surface area (Å²) in [6, 6.07) is 30.0. The Kier molecular flexibility index (Phi) is 7.36. The number of nitriles is 1. The lowest BCUT2D eigenvalue weighted by atomic mass is 10.2. The van der Waals surface area contributed by atoms with E-state index < -0.39 is 0 Å². The van der Waals surface area contributed by atoms with Crippen LogP contribution in [0.4, 0.5) is 17.1 Å². The molecule has 0 bridgehead atoms. The number of hydrogen-bond donors (Lipinski definition) is 2. The summed E-state index contributed by atoms with van der Waals surface area (Å²) in [5, 5.41) is 15.9. The van der Waals surface area contributed by atoms with Crippen molar-refractivity contribution < 1.29 is 4.79 Å². The van der Waals surface area contributed by atoms with Crippen LogP contribution in [0.3, 0.4) is 0 Å². The van der Waals surface area contributed by atoms with Gasteiger partial charge in [-0.3, -0.25) is 9.69 Å². The van der Waals surface area contributed by atoms with Gasteiger partial charge in [-0.25, -0.2) is 0 Å². The normalized spacial score (nSPS) is 14.4. The van der Waals surface area contributed by atoms with Crippen molar-refractivity contribution in [2.24, 2.45) is 0 Å². The van der Waals surface area contributed by atoms with Crippen molar-refractivity contribution in [2.75, 3.05) is 36.8 Å². The van der Waals surface area contributed by atoms with Crippen LogP contribution in [0.5, 0.6) is 0 Å². The summed E-state index contributed by atoms with van der Waals surface area (Å²) in [7, 11) is 0. The minimum atomic E-state index is -0.230. The van der Waals surface area contributed by atoms with Gasteiger partial charge >= 0.3 is 0 Å². The first kappa shape index (κ1) is 22.1. The maximum absolute atomic E-state index is 12.8. The average molecular weight is 438 g/mol. The molecule has 4 rings (SSSR count). The summed E-state index contributed by atoms with van der Waals surface area (Å²) >= 11 is 0. The van der Waals surface area contributed by atoms with E-state index in [-0.39, 0.29) is 11.5 Å². The number of piperazine rings is 1. The van der Waals surface area contributed by atoms with Crippen LogP contribution in [0.25, 0.3) is 0 Å². The van der Waals surface area contributed by atoms with E-state index in [2.05, 4.69) is 27.7 Å². The Balaban J connectivity index is 1.29. The molecule has 6 nitrogen and oxygen atoms in total. The van der Waals surface area contributed by atoms with Crippen LogP contribution >= 0.6 is 0 Å². The molecule has 1 amide bonds. The number of anilines is 3. The predicted octanol–water partition coefficient (Wildman–Crippen LogP) is 4.59. The smallest absolute Gasteiger partial charge is 0.266 e. The first-order chi connectivity index (χ1) is 16.2. The Bertz CT molecular complexity index is 1110. The summed E-state index contributed by atoms with van der Waals surface area (Å²) in [4.78, 5) is 16.9. The second kappa shape index (κ2) is 11.0. The second-order valence-corrected chi connectivity index (χ2v) is 7.94. The number of carbonyl (C=O) groups excluding carboxylic acids is 1. The zero-order valence-corrected chi connectivity index (χ0v) is 18.4. The van der Waals surface area contributed by atoms with Crippen molar-refractivity contribution in [3.05, 3.63) is 102 Å². The standard InChI is InChI=1S/C27H27N5O/c28-19-23(20-29-24-11-13-26(14-12-24)30-25-9-5-2-6-10-25)27(33)32-17-15-31(16-18-32)21-22-7-3-1-4-8-22/h1-14,20,29-30H,15-18,21H2/b23-20-. The molecular weight excluding hydrogens is 410 g/mol. The number of rotatable bonds is 7. The molecule has 0 spiro atoms. The van der Waals surface area contributed by atoms with Gasteiger partial charge in [0.05, 0.1) is 0 Å². The lowest BCUT2D eigenvalue weighted by Crippen LogP contribution is -2.48. The Labute approximate surface area is 194 Å². The number of benzene rings is 3. The molecule has 1 fully saturated rings. The fourth-order valence-electron chi connectivity index (χ4n) is 3.76. The average Bonchev–Trinajstić information content (AvgIpc) is 2.87. The summed E-state index contributed by atoms with van der Waals surface area (Å²) in [5.41, 5.74) is 4.16. The Hall–Kier alpha value is -4.08. The van der Waals surface area contributed by atoms with Gasteiger partial charge in [-0.15, -0.1) is 0 Å². The zero-order chi connectivity index (χ0) is 22.9. The van der Waals surface area contributed by atoms with Crippen molar-refractivity contribution in [1.82, 2.24) is 9.80 Å². The van der Waals surface area contributed by atoms with Crippen molar-refractivity contribution >= 4 is 23.0 Å². The van der Waals surface area contributed by atoms with Gasteiger partial charge in [-0.1, -0.05) is 48.5 Å². The number of nitrogens with one attached hydrogen (secondary N) is 2. The highest BCUT2D eigenvalue weighted by Gasteiger charge is 2.23. The van der Waals surface area contributed by atoms with E-state index in [4.69, 9.17) is 0 Å². The number of amides is 1. The summed E-state index contributed by atoms with van der Waals surface area (Å²) in [6.45, 7) is 3.70. The lowest BCUT2D eigenvalue weighted by molar-refractivity contribution is -0.128. The molecule has 0 atom stereocenters. The molecule has 0 aliphatic carbocycles. The molecule has 2 N–H and O–H groups in total.